The fourth-order valence-electron chi connectivity index (χ4n) is 1.08. The smallest absolute Gasteiger partial charge is 0.288 e. The first kappa shape index (κ1) is 14.4. The van der Waals surface area contributed by atoms with E-state index in [0.717, 1.165) is 5.56 Å². The fourth-order valence-corrected chi connectivity index (χ4v) is 1.08. The second kappa shape index (κ2) is 6.79. The molecule has 0 spiro atoms. The van der Waals surface area contributed by atoms with Crippen LogP contribution in [0.15, 0.2) is 29.7 Å². The molecule has 0 aliphatic carbocycles. The summed E-state index contributed by atoms with van der Waals surface area (Å²) in [6.07, 6.45) is 4.84. The lowest BCUT2D eigenvalue weighted by molar-refractivity contribution is -0.685. The molecule has 1 aromatic rings. The molecule has 0 aliphatic rings. The van der Waals surface area contributed by atoms with Crippen molar-refractivity contribution >= 4 is 12.1 Å². The molecule has 88 valence electrons. The molecule has 0 radical (unpaired) electrons. The monoisotopic (exact) mass is 243 g/mol. The number of amides is 1. The Bertz CT molecular complexity index is 380. The lowest BCUT2D eigenvalue weighted by Crippen LogP contribution is -3.00. The number of oxime groups is 1. The third-order valence-corrected chi connectivity index (χ3v) is 1.90. The topological polar surface area (TPSA) is 56.8 Å². The summed E-state index contributed by atoms with van der Waals surface area (Å²) in [5, 5.41) is 11.3. The van der Waals surface area contributed by atoms with Crippen molar-refractivity contribution in [2.24, 2.45) is 5.16 Å². The lowest BCUT2D eigenvalue weighted by Gasteiger charge is -2.06. The van der Waals surface area contributed by atoms with E-state index >= 15 is 0 Å². The van der Waals surface area contributed by atoms with E-state index in [2.05, 4.69) is 5.16 Å². The van der Waals surface area contributed by atoms with Crippen molar-refractivity contribution in [3.8, 4) is 0 Å². The molecule has 0 atom stereocenters. The number of hydrogen-bond donors (Lipinski definition) is 1. The SMILES string of the molecule is CN(C)C(=O)C[n+]1cccc(/C=N/O)c1.[Cl-]. The average molecular weight is 244 g/mol. The second-order valence-corrected chi connectivity index (χ2v) is 3.34. The highest BCUT2D eigenvalue weighted by atomic mass is 35.5. The highest BCUT2D eigenvalue weighted by Crippen LogP contribution is 1.90. The van der Waals surface area contributed by atoms with E-state index in [1.165, 1.54) is 11.1 Å². The minimum atomic E-state index is 0. The third-order valence-electron chi connectivity index (χ3n) is 1.90. The Balaban J connectivity index is 0.00000225. The van der Waals surface area contributed by atoms with Gasteiger partial charge in [0, 0.05) is 20.2 Å². The molecule has 1 heterocycles. The van der Waals surface area contributed by atoms with Crippen molar-refractivity contribution in [3.05, 3.63) is 30.1 Å². The molecule has 5 nitrogen and oxygen atoms in total. The van der Waals surface area contributed by atoms with Gasteiger partial charge in [-0.2, -0.15) is 4.57 Å². The van der Waals surface area contributed by atoms with Crippen LogP contribution < -0.4 is 17.0 Å². The largest absolute Gasteiger partial charge is 1.00 e. The van der Waals surface area contributed by atoms with Crippen LogP contribution in [0.4, 0.5) is 0 Å². The highest BCUT2D eigenvalue weighted by molar-refractivity contribution is 5.78. The van der Waals surface area contributed by atoms with Crippen LogP contribution in [-0.2, 0) is 11.3 Å². The summed E-state index contributed by atoms with van der Waals surface area (Å²) < 4.78 is 1.74. The van der Waals surface area contributed by atoms with Crippen LogP contribution in [0.25, 0.3) is 0 Å². The van der Waals surface area contributed by atoms with Crippen molar-refractivity contribution in [2.75, 3.05) is 14.1 Å². The summed E-state index contributed by atoms with van der Waals surface area (Å²) in [4.78, 5) is 12.9. The summed E-state index contributed by atoms with van der Waals surface area (Å²) in [6.45, 7) is 0.278. The molecular formula is C10H14ClN3O2. The van der Waals surface area contributed by atoms with Crippen molar-refractivity contribution < 1.29 is 27.0 Å². The molecule has 0 saturated carbocycles. The number of rotatable bonds is 3. The van der Waals surface area contributed by atoms with Gasteiger partial charge in [0.15, 0.2) is 12.4 Å². The summed E-state index contributed by atoms with van der Waals surface area (Å²) >= 11 is 0. The second-order valence-electron chi connectivity index (χ2n) is 3.34. The van der Waals surface area contributed by atoms with Gasteiger partial charge in [-0.15, -0.1) is 0 Å². The van der Waals surface area contributed by atoms with Crippen LogP contribution in [0, 0.1) is 0 Å². The van der Waals surface area contributed by atoms with Crippen LogP contribution in [0.2, 0.25) is 0 Å². The van der Waals surface area contributed by atoms with Gasteiger partial charge in [-0.05, 0) is 6.07 Å². The van der Waals surface area contributed by atoms with E-state index in [9.17, 15) is 4.79 Å². The predicted molar refractivity (Wildman–Crippen MR) is 54.7 cm³/mol. The molecule has 0 aliphatic heterocycles. The Morgan fingerprint density at radius 2 is 2.31 bits per heavy atom. The van der Waals surface area contributed by atoms with Gasteiger partial charge in [0.2, 0.25) is 6.54 Å². The summed E-state index contributed by atoms with van der Waals surface area (Å²) in [5.74, 6) is 0.0121. The van der Waals surface area contributed by atoms with Gasteiger partial charge < -0.3 is 22.5 Å². The number of halogens is 1. The zero-order valence-corrected chi connectivity index (χ0v) is 9.92. The van der Waals surface area contributed by atoms with Crippen LogP contribution in [-0.4, -0.2) is 36.3 Å². The number of carbonyl (C=O) groups is 1. The maximum absolute atomic E-state index is 11.4. The first-order chi connectivity index (χ1) is 7.13. The molecular weight excluding hydrogens is 230 g/mol. The highest BCUT2D eigenvalue weighted by Gasteiger charge is 2.10. The van der Waals surface area contributed by atoms with E-state index in [1.807, 2.05) is 0 Å². The molecule has 16 heavy (non-hydrogen) atoms. The summed E-state index contributed by atoms with van der Waals surface area (Å²) in [5.41, 5.74) is 0.742. The Kier molecular flexibility index (Phi) is 6.10. The van der Waals surface area contributed by atoms with Gasteiger partial charge in [0.25, 0.3) is 5.91 Å². The Morgan fingerprint density at radius 1 is 1.62 bits per heavy atom. The predicted octanol–water partition coefficient (Wildman–Crippen LogP) is -3.13. The van der Waals surface area contributed by atoms with E-state index in [1.54, 1.807) is 43.2 Å². The van der Waals surface area contributed by atoms with E-state index < -0.39 is 0 Å². The molecule has 1 aromatic heterocycles. The molecule has 0 fully saturated rings. The molecule has 0 aromatic carbocycles. The van der Waals surface area contributed by atoms with Crippen molar-refractivity contribution in [1.82, 2.24) is 4.90 Å². The quantitative estimate of drug-likeness (QED) is 0.264. The number of hydrogen-bond acceptors (Lipinski definition) is 3. The van der Waals surface area contributed by atoms with Gasteiger partial charge in [-0.25, -0.2) is 0 Å². The molecule has 6 heteroatoms. The van der Waals surface area contributed by atoms with Crippen molar-refractivity contribution in [2.45, 2.75) is 6.54 Å². The van der Waals surface area contributed by atoms with Crippen LogP contribution >= 0.6 is 0 Å². The van der Waals surface area contributed by atoms with E-state index in [-0.39, 0.29) is 24.9 Å². The van der Waals surface area contributed by atoms with Crippen molar-refractivity contribution in [1.29, 1.82) is 0 Å². The normalized spacial score (nSPS) is 9.88. The van der Waals surface area contributed by atoms with Crippen LogP contribution in [0.3, 0.4) is 0 Å². The average Bonchev–Trinajstić information content (AvgIpc) is 2.18. The number of likely N-dealkylation sites (N-methyl/N-ethyl adjacent to an activating group) is 1. The third kappa shape index (κ3) is 4.27. The molecule has 0 bridgehead atoms. The Labute approximate surface area is 100 Å². The minimum absolute atomic E-state index is 0. The van der Waals surface area contributed by atoms with Gasteiger partial charge >= 0.3 is 0 Å². The van der Waals surface area contributed by atoms with Crippen molar-refractivity contribution in [3.63, 3.8) is 0 Å². The van der Waals surface area contributed by atoms with Gasteiger partial charge in [-0.1, -0.05) is 5.16 Å². The number of aromatic nitrogens is 1. The van der Waals surface area contributed by atoms with Gasteiger partial charge in [0.05, 0.1) is 11.8 Å². The number of nitrogens with zero attached hydrogens (tertiary/aromatic N) is 3. The number of carbonyl (C=O) groups excluding carboxylic acids is 1. The maximum Gasteiger partial charge on any atom is 0.288 e. The van der Waals surface area contributed by atoms with E-state index in [4.69, 9.17) is 5.21 Å². The van der Waals surface area contributed by atoms with Crippen LogP contribution in [0.1, 0.15) is 5.56 Å². The fraction of sp³-hybridized carbons (Fsp3) is 0.300. The molecule has 0 unspecified atom stereocenters. The molecule has 1 amide bonds. The number of pyridine rings is 1. The minimum Gasteiger partial charge on any atom is -1.00 e. The molecule has 1 rings (SSSR count). The Morgan fingerprint density at radius 3 is 2.88 bits per heavy atom. The van der Waals surface area contributed by atoms with Gasteiger partial charge in [0.1, 0.15) is 0 Å². The lowest BCUT2D eigenvalue weighted by atomic mass is 10.3. The van der Waals surface area contributed by atoms with E-state index in [0.29, 0.717) is 0 Å². The van der Waals surface area contributed by atoms with Crippen LogP contribution in [0.5, 0.6) is 0 Å². The summed E-state index contributed by atoms with van der Waals surface area (Å²) in [6, 6.07) is 3.58. The molecule has 0 saturated heterocycles. The standard InChI is InChI=1S/C10H13N3O2.ClH/c1-12(2)10(14)8-13-5-3-4-9(7-13)6-11-15;/h3-7H,8H2,1-2H3;1H/b11-6+;. The molecule has 1 N–H and O–H groups in total. The maximum atomic E-state index is 11.4. The Hall–Kier alpha value is -1.62. The van der Waals surface area contributed by atoms with Gasteiger partial charge in [-0.3, -0.25) is 4.79 Å². The zero-order chi connectivity index (χ0) is 11.3. The first-order valence-electron chi connectivity index (χ1n) is 4.50. The first-order valence-corrected chi connectivity index (χ1v) is 4.50. The summed E-state index contributed by atoms with van der Waals surface area (Å²) in [7, 11) is 3.42. The zero-order valence-electron chi connectivity index (χ0n) is 9.17.